The number of carboxylic acid groups (broad SMARTS) is 1. The van der Waals surface area contributed by atoms with Crippen molar-refractivity contribution in [3.8, 4) is 0 Å². The number of aliphatic carboxylic acids is 1. The first-order valence-electron chi connectivity index (χ1n) is 7.24. The molecule has 0 saturated heterocycles. The molecule has 2 N–H and O–H groups in total. The third-order valence-electron chi connectivity index (χ3n) is 4.17. The number of carboxylic acids is 1. The van der Waals surface area contributed by atoms with Crippen molar-refractivity contribution in [2.75, 3.05) is 6.54 Å². The Bertz CT molecular complexity index is 523. The second-order valence-corrected chi connectivity index (χ2v) is 5.67. The molecule has 0 bridgehead atoms. The van der Waals surface area contributed by atoms with Crippen molar-refractivity contribution in [3.05, 3.63) is 35.6 Å². The minimum atomic E-state index is -0.851. The molecule has 1 aromatic carbocycles. The molecule has 4 nitrogen and oxygen atoms in total. The smallest absolute Gasteiger partial charge is 0.303 e. The first-order chi connectivity index (χ1) is 9.98. The first kappa shape index (κ1) is 15.5. The van der Waals surface area contributed by atoms with Gasteiger partial charge in [-0.3, -0.25) is 9.59 Å². The second-order valence-electron chi connectivity index (χ2n) is 5.67. The number of benzene rings is 1. The monoisotopic (exact) mass is 293 g/mol. The molecule has 0 aliphatic heterocycles. The van der Waals surface area contributed by atoms with Gasteiger partial charge in [0, 0.05) is 13.0 Å². The van der Waals surface area contributed by atoms with Gasteiger partial charge in [0.2, 0.25) is 5.91 Å². The summed E-state index contributed by atoms with van der Waals surface area (Å²) in [7, 11) is 0. The Morgan fingerprint density at radius 3 is 2.43 bits per heavy atom. The Hall–Kier alpha value is -1.91. The van der Waals surface area contributed by atoms with Crippen LogP contribution in [0.3, 0.4) is 0 Å². The molecule has 1 aromatic rings. The van der Waals surface area contributed by atoms with Crippen molar-refractivity contribution in [2.45, 2.75) is 38.0 Å². The fraction of sp³-hybridized carbons (Fsp3) is 0.500. The van der Waals surface area contributed by atoms with E-state index in [4.69, 9.17) is 5.11 Å². The van der Waals surface area contributed by atoms with Gasteiger partial charge in [-0.15, -0.1) is 0 Å². The molecule has 0 aromatic heterocycles. The maximum Gasteiger partial charge on any atom is 0.303 e. The van der Waals surface area contributed by atoms with Gasteiger partial charge in [-0.25, -0.2) is 4.39 Å². The number of halogens is 1. The van der Waals surface area contributed by atoms with Crippen LogP contribution < -0.4 is 5.32 Å². The van der Waals surface area contributed by atoms with Crippen LogP contribution in [-0.2, 0) is 15.0 Å². The lowest BCUT2D eigenvalue weighted by molar-refractivity contribution is -0.138. The fourth-order valence-electron chi connectivity index (χ4n) is 2.55. The maximum atomic E-state index is 13.0. The number of amides is 1. The number of nitrogens with one attached hydrogen (secondary N) is 1. The van der Waals surface area contributed by atoms with E-state index < -0.39 is 11.4 Å². The highest BCUT2D eigenvalue weighted by atomic mass is 19.1. The SMILES string of the molecule is CCC(CNC(=O)C1(c2ccc(F)cc2)CC1)CC(=O)O. The summed E-state index contributed by atoms with van der Waals surface area (Å²) in [5.41, 5.74) is 0.280. The molecule has 0 heterocycles. The fourth-order valence-corrected chi connectivity index (χ4v) is 2.55. The Kier molecular flexibility index (Phi) is 4.60. The van der Waals surface area contributed by atoms with E-state index in [1.165, 1.54) is 12.1 Å². The van der Waals surface area contributed by atoms with Crippen molar-refractivity contribution in [3.63, 3.8) is 0 Å². The van der Waals surface area contributed by atoms with Gasteiger partial charge in [-0.2, -0.15) is 0 Å². The van der Waals surface area contributed by atoms with E-state index in [1.54, 1.807) is 12.1 Å². The van der Waals surface area contributed by atoms with Crippen molar-refractivity contribution in [2.24, 2.45) is 5.92 Å². The average Bonchev–Trinajstić information content (AvgIpc) is 3.25. The van der Waals surface area contributed by atoms with E-state index >= 15 is 0 Å². The van der Waals surface area contributed by atoms with Crippen LogP contribution in [0.5, 0.6) is 0 Å². The van der Waals surface area contributed by atoms with Gasteiger partial charge in [-0.05, 0) is 36.5 Å². The summed E-state index contributed by atoms with van der Waals surface area (Å²) in [5, 5.41) is 11.7. The van der Waals surface area contributed by atoms with Crippen LogP contribution in [-0.4, -0.2) is 23.5 Å². The van der Waals surface area contributed by atoms with E-state index in [9.17, 15) is 14.0 Å². The van der Waals surface area contributed by atoms with E-state index in [0.29, 0.717) is 13.0 Å². The molecule has 0 radical (unpaired) electrons. The lowest BCUT2D eigenvalue weighted by atomic mass is 9.94. The summed E-state index contributed by atoms with van der Waals surface area (Å²) in [6, 6.07) is 6.02. The predicted molar refractivity (Wildman–Crippen MR) is 76.4 cm³/mol. The van der Waals surface area contributed by atoms with Crippen LogP contribution in [0.4, 0.5) is 4.39 Å². The maximum absolute atomic E-state index is 13.0. The van der Waals surface area contributed by atoms with Crippen molar-refractivity contribution in [1.29, 1.82) is 0 Å². The summed E-state index contributed by atoms with van der Waals surface area (Å²) in [5.74, 6) is -1.31. The summed E-state index contributed by atoms with van der Waals surface area (Å²) in [6.07, 6.45) is 2.26. The topological polar surface area (TPSA) is 66.4 Å². The lowest BCUT2D eigenvalue weighted by Crippen LogP contribution is -2.38. The van der Waals surface area contributed by atoms with Gasteiger partial charge in [0.05, 0.1) is 5.41 Å². The quantitative estimate of drug-likeness (QED) is 0.811. The number of carbonyl (C=O) groups is 2. The van der Waals surface area contributed by atoms with Gasteiger partial charge in [0.1, 0.15) is 5.82 Å². The van der Waals surface area contributed by atoms with Gasteiger partial charge >= 0.3 is 5.97 Å². The van der Waals surface area contributed by atoms with E-state index in [0.717, 1.165) is 18.4 Å². The molecule has 21 heavy (non-hydrogen) atoms. The first-order valence-corrected chi connectivity index (χ1v) is 7.24. The number of hydrogen-bond acceptors (Lipinski definition) is 2. The van der Waals surface area contributed by atoms with Gasteiger partial charge in [-0.1, -0.05) is 25.5 Å². The Balaban J connectivity index is 1.96. The minimum absolute atomic E-state index is 0.0559. The second kappa shape index (κ2) is 6.24. The highest BCUT2D eigenvalue weighted by Crippen LogP contribution is 2.48. The molecule has 1 saturated carbocycles. The van der Waals surface area contributed by atoms with Crippen LogP contribution in [0.1, 0.15) is 38.2 Å². The van der Waals surface area contributed by atoms with Crippen molar-refractivity contribution in [1.82, 2.24) is 5.32 Å². The summed E-state index contributed by atoms with van der Waals surface area (Å²) >= 11 is 0. The van der Waals surface area contributed by atoms with Gasteiger partial charge in [0.15, 0.2) is 0 Å². The van der Waals surface area contributed by atoms with Crippen LogP contribution in [0.25, 0.3) is 0 Å². The van der Waals surface area contributed by atoms with Crippen molar-refractivity contribution < 1.29 is 19.1 Å². The van der Waals surface area contributed by atoms with E-state index in [1.807, 2.05) is 6.92 Å². The average molecular weight is 293 g/mol. The van der Waals surface area contributed by atoms with Crippen LogP contribution in [0, 0.1) is 11.7 Å². The van der Waals surface area contributed by atoms with Crippen molar-refractivity contribution >= 4 is 11.9 Å². The molecule has 1 atom stereocenters. The predicted octanol–water partition coefficient (Wildman–Crippen LogP) is 2.47. The normalized spacial score (nSPS) is 17.0. The molecule has 1 aliphatic carbocycles. The molecule has 1 fully saturated rings. The molecule has 0 spiro atoms. The standard InChI is InChI=1S/C16H20FNO3/c1-2-11(9-14(19)20)10-18-15(21)16(7-8-16)12-3-5-13(17)6-4-12/h3-6,11H,2,7-10H2,1H3,(H,18,21)(H,19,20). The van der Waals surface area contributed by atoms with Crippen LogP contribution in [0.2, 0.25) is 0 Å². The Morgan fingerprint density at radius 1 is 1.33 bits per heavy atom. The number of hydrogen-bond donors (Lipinski definition) is 2. The molecule has 114 valence electrons. The Labute approximate surface area is 123 Å². The van der Waals surface area contributed by atoms with Crippen LogP contribution in [0.15, 0.2) is 24.3 Å². The van der Waals surface area contributed by atoms with Crippen LogP contribution >= 0.6 is 0 Å². The molecule has 2 rings (SSSR count). The highest BCUT2D eigenvalue weighted by Gasteiger charge is 2.51. The van der Waals surface area contributed by atoms with Gasteiger partial charge in [0.25, 0.3) is 0 Å². The summed E-state index contributed by atoms with van der Waals surface area (Å²) in [4.78, 5) is 23.1. The summed E-state index contributed by atoms with van der Waals surface area (Å²) < 4.78 is 13.0. The molecule has 5 heteroatoms. The molecule has 1 aliphatic rings. The zero-order valence-corrected chi connectivity index (χ0v) is 12.1. The molecular weight excluding hydrogens is 273 g/mol. The van der Waals surface area contributed by atoms with E-state index in [-0.39, 0.29) is 24.1 Å². The number of rotatable bonds is 7. The lowest BCUT2D eigenvalue weighted by Gasteiger charge is -2.19. The molecular formula is C16H20FNO3. The summed E-state index contributed by atoms with van der Waals surface area (Å²) in [6.45, 7) is 2.28. The Morgan fingerprint density at radius 2 is 1.95 bits per heavy atom. The van der Waals surface area contributed by atoms with E-state index in [2.05, 4.69) is 5.32 Å². The largest absolute Gasteiger partial charge is 0.481 e. The molecule has 1 unspecified atom stereocenters. The zero-order valence-electron chi connectivity index (χ0n) is 12.1. The zero-order chi connectivity index (χ0) is 15.5. The third-order valence-corrected chi connectivity index (χ3v) is 4.17. The molecule has 1 amide bonds. The minimum Gasteiger partial charge on any atom is -0.481 e. The highest BCUT2D eigenvalue weighted by molar-refractivity contribution is 5.91. The van der Waals surface area contributed by atoms with Gasteiger partial charge < -0.3 is 10.4 Å². The third kappa shape index (κ3) is 3.60. The number of carbonyl (C=O) groups excluding carboxylic acids is 1.